The largest absolute Gasteiger partial charge is 0.309 e. The summed E-state index contributed by atoms with van der Waals surface area (Å²) in [5, 5.41) is 10.8. The lowest BCUT2D eigenvalue weighted by atomic mass is 10.1. The van der Waals surface area contributed by atoms with Gasteiger partial charge in [-0.2, -0.15) is 4.39 Å². The molecule has 0 spiro atoms. The van der Waals surface area contributed by atoms with Gasteiger partial charge in [0.25, 0.3) is 0 Å². The number of nitro benzene ring substituents is 1. The number of sulfonamides is 1. The van der Waals surface area contributed by atoms with E-state index in [1.165, 1.54) is 13.8 Å². The van der Waals surface area contributed by atoms with Crippen molar-refractivity contribution in [1.29, 1.82) is 0 Å². The second-order valence-electron chi connectivity index (χ2n) is 4.52. The molecule has 1 aromatic rings. The summed E-state index contributed by atoms with van der Waals surface area (Å²) in [7, 11) is -3.97. The highest BCUT2D eigenvalue weighted by atomic mass is 32.2. The molecule has 0 heterocycles. The third-order valence-corrected chi connectivity index (χ3v) is 4.33. The number of nitrogens with one attached hydrogen (secondary N) is 1. The first kappa shape index (κ1) is 16.3. The number of halogens is 1. The molecular weight excluding hydrogens is 287 g/mol. The Morgan fingerprint density at radius 3 is 2.50 bits per heavy atom. The van der Waals surface area contributed by atoms with Gasteiger partial charge in [0.05, 0.1) is 15.4 Å². The second kappa shape index (κ2) is 5.68. The number of nitrogens with zero attached hydrogens (tertiary/aromatic N) is 1. The van der Waals surface area contributed by atoms with Crippen LogP contribution in [0.5, 0.6) is 0 Å². The van der Waals surface area contributed by atoms with Crippen LogP contribution in [0.3, 0.4) is 0 Å². The third kappa shape index (κ3) is 3.20. The molecule has 1 N–H and O–H groups in total. The first-order valence-corrected chi connectivity index (χ1v) is 7.14. The highest BCUT2D eigenvalue weighted by Gasteiger charge is 2.29. The summed E-state index contributed by atoms with van der Waals surface area (Å²) in [6.07, 6.45) is 0. The molecule has 0 saturated heterocycles. The SMILES string of the molecule is C=C(C)CNS(=O)(=O)c1c(C)cc(F)c([N+](=O)[O-])c1C. The Morgan fingerprint density at radius 1 is 1.50 bits per heavy atom. The molecule has 0 aliphatic carbocycles. The maximum atomic E-state index is 13.6. The minimum absolute atomic E-state index is 0.00634. The number of rotatable bonds is 5. The van der Waals surface area contributed by atoms with E-state index in [-0.39, 0.29) is 22.6 Å². The van der Waals surface area contributed by atoms with Gasteiger partial charge >= 0.3 is 5.69 Å². The minimum atomic E-state index is -3.97. The molecule has 0 aliphatic heterocycles. The lowest BCUT2D eigenvalue weighted by molar-refractivity contribution is -0.388. The molecule has 0 aliphatic rings. The van der Waals surface area contributed by atoms with Gasteiger partial charge in [0, 0.05) is 6.54 Å². The van der Waals surface area contributed by atoms with Crippen molar-refractivity contribution in [2.24, 2.45) is 0 Å². The zero-order valence-corrected chi connectivity index (χ0v) is 12.2. The number of aryl methyl sites for hydroxylation is 1. The van der Waals surface area contributed by atoms with Gasteiger partial charge in [-0.15, -0.1) is 0 Å². The fourth-order valence-corrected chi connectivity index (χ4v) is 3.40. The average Bonchev–Trinajstić information content (AvgIpc) is 2.24. The van der Waals surface area contributed by atoms with Gasteiger partial charge in [0.2, 0.25) is 15.8 Å². The maximum absolute atomic E-state index is 13.6. The van der Waals surface area contributed by atoms with E-state index in [4.69, 9.17) is 0 Å². The molecule has 20 heavy (non-hydrogen) atoms. The van der Waals surface area contributed by atoms with Crippen molar-refractivity contribution in [3.63, 3.8) is 0 Å². The first-order valence-electron chi connectivity index (χ1n) is 5.66. The lowest BCUT2D eigenvalue weighted by Gasteiger charge is -2.12. The van der Waals surface area contributed by atoms with Crippen molar-refractivity contribution in [2.75, 3.05) is 6.54 Å². The van der Waals surface area contributed by atoms with E-state index >= 15 is 0 Å². The van der Waals surface area contributed by atoms with Crippen LogP contribution in [0.1, 0.15) is 18.1 Å². The quantitative estimate of drug-likeness (QED) is 0.513. The maximum Gasteiger partial charge on any atom is 0.309 e. The third-order valence-electron chi connectivity index (χ3n) is 2.64. The first-order chi connectivity index (χ1) is 9.08. The van der Waals surface area contributed by atoms with E-state index in [0.717, 1.165) is 6.07 Å². The van der Waals surface area contributed by atoms with Crippen LogP contribution in [0.25, 0.3) is 0 Å². The van der Waals surface area contributed by atoms with Crippen molar-refractivity contribution in [3.8, 4) is 0 Å². The molecule has 0 saturated carbocycles. The molecule has 0 radical (unpaired) electrons. The molecular formula is C12H15FN2O4S. The van der Waals surface area contributed by atoms with Crippen LogP contribution in [0.4, 0.5) is 10.1 Å². The van der Waals surface area contributed by atoms with E-state index in [1.807, 2.05) is 0 Å². The van der Waals surface area contributed by atoms with Crippen molar-refractivity contribution >= 4 is 15.7 Å². The Morgan fingerprint density at radius 2 is 2.05 bits per heavy atom. The Kier molecular flexibility index (Phi) is 4.61. The highest BCUT2D eigenvalue weighted by Crippen LogP contribution is 2.30. The Balaban J connectivity index is 3.49. The van der Waals surface area contributed by atoms with Crippen molar-refractivity contribution in [1.82, 2.24) is 4.72 Å². The van der Waals surface area contributed by atoms with Crippen LogP contribution in [0.15, 0.2) is 23.1 Å². The summed E-state index contributed by atoms with van der Waals surface area (Å²) in [6.45, 7) is 7.80. The monoisotopic (exact) mass is 302 g/mol. The van der Waals surface area contributed by atoms with Crippen LogP contribution >= 0.6 is 0 Å². The fourth-order valence-electron chi connectivity index (χ4n) is 1.83. The number of hydrogen-bond donors (Lipinski definition) is 1. The van der Waals surface area contributed by atoms with Crippen LogP contribution < -0.4 is 4.72 Å². The standard InChI is InChI=1S/C12H15FN2O4S/c1-7(2)6-14-20(18,19)12-8(3)5-10(13)11(9(12)4)15(16)17/h5,14H,1,6H2,2-4H3. The summed E-state index contributed by atoms with van der Waals surface area (Å²) in [5.41, 5.74) is -0.353. The topological polar surface area (TPSA) is 89.3 Å². The Labute approximate surface area is 116 Å². The van der Waals surface area contributed by atoms with Gasteiger partial charge in [0.1, 0.15) is 0 Å². The van der Waals surface area contributed by atoms with E-state index in [9.17, 15) is 22.9 Å². The van der Waals surface area contributed by atoms with Gasteiger partial charge in [0.15, 0.2) is 0 Å². The molecule has 0 unspecified atom stereocenters. The van der Waals surface area contributed by atoms with Crippen molar-refractivity contribution < 1.29 is 17.7 Å². The van der Waals surface area contributed by atoms with E-state index in [1.54, 1.807) is 6.92 Å². The van der Waals surface area contributed by atoms with E-state index < -0.39 is 26.5 Å². The van der Waals surface area contributed by atoms with Crippen LogP contribution in [0, 0.1) is 29.8 Å². The smallest absolute Gasteiger partial charge is 0.258 e. The number of nitro groups is 1. The molecule has 6 nitrogen and oxygen atoms in total. The van der Waals surface area contributed by atoms with Gasteiger partial charge < -0.3 is 0 Å². The summed E-state index contributed by atoms with van der Waals surface area (Å²) in [4.78, 5) is 9.64. The van der Waals surface area contributed by atoms with Gasteiger partial charge in [-0.05, 0) is 32.4 Å². The molecule has 0 atom stereocenters. The molecule has 0 bridgehead atoms. The number of hydrogen-bond acceptors (Lipinski definition) is 4. The summed E-state index contributed by atoms with van der Waals surface area (Å²) >= 11 is 0. The van der Waals surface area contributed by atoms with Crippen LogP contribution in [0.2, 0.25) is 0 Å². The molecule has 110 valence electrons. The molecule has 0 aromatic heterocycles. The van der Waals surface area contributed by atoms with Crippen LogP contribution in [-0.4, -0.2) is 19.9 Å². The summed E-state index contributed by atoms with van der Waals surface area (Å²) < 4.78 is 40.2. The fraction of sp³-hybridized carbons (Fsp3) is 0.333. The Bertz CT molecular complexity index is 683. The molecule has 1 aromatic carbocycles. The van der Waals surface area contributed by atoms with Gasteiger partial charge in [-0.3, -0.25) is 10.1 Å². The lowest BCUT2D eigenvalue weighted by Crippen LogP contribution is -2.27. The predicted molar refractivity (Wildman–Crippen MR) is 72.5 cm³/mol. The number of benzene rings is 1. The minimum Gasteiger partial charge on any atom is -0.258 e. The molecule has 1 rings (SSSR count). The summed E-state index contributed by atoms with van der Waals surface area (Å²) in [6, 6.07) is 0.848. The van der Waals surface area contributed by atoms with E-state index in [0.29, 0.717) is 5.57 Å². The zero-order chi connectivity index (χ0) is 15.7. The molecule has 8 heteroatoms. The second-order valence-corrected chi connectivity index (χ2v) is 6.22. The van der Waals surface area contributed by atoms with Crippen molar-refractivity contribution in [2.45, 2.75) is 25.7 Å². The van der Waals surface area contributed by atoms with Crippen molar-refractivity contribution in [3.05, 3.63) is 45.3 Å². The molecule has 0 fully saturated rings. The molecule has 0 amide bonds. The zero-order valence-electron chi connectivity index (χ0n) is 11.4. The highest BCUT2D eigenvalue weighted by molar-refractivity contribution is 7.89. The van der Waals surface area contributed by atoms with Crippen LogP contribution in [-0.2, 0) is 10.0 Å². The summed E-state index contributed by atoms with van der Waals surface area (Å²) in [5.74, 6) is -1.05. The predicted octanol–water partition coefficient (Wildman–Crippen LogP) is 2.21. The normalized spacial score (nSPS) is 11.4. The Hall–Kier alpha value is -1.80. The average molecular weight is 302 g/mol. The van der Waals surface area contributed by atoms with Gasteiger partial charge in [-0.25, -0.2) is 13.1 Å². The van der Waals surface area contributed by atoms with E-state index in [2.05, 4.69) is 11.3 Å². The van der Waals surface area contributed by atoms with Gasteiger partial charge in [-0.1, -0.05) is 12.2 Å².